The number of hydrogen-bond donors (Lipinski definition) is 1. The predicted octanol–water partition coefficient (Wildman–Crippen LogP) is 1.31. The minimum atomic E-state index is 0.988. The molecule has 2 rings (SSSR count). The summed E-state index contributed by atoms with van der Waals surface area (Å²) in [7, 11) is 0. The van der Waals surface area contributed by atoms with E-state index in [1.807, 2.05) is 27.7 Å². The molecule has 1 saturated heterocycles. The molecule has 3 heteroatoms. The molecule has 72 valence electrons. The van der Waals surface area contributed by atoms with Crippen LogP contribution >= 0.6 is 0 Å². The van der Waals surface area contributed by atoms with Gasteiger partial charge in [0.15, 0.2) is 5.96 Å². The van der Waals surface area contributed by atoms with Gasteiger partial charge in [-0.1, -0.05) is 27.7 Å². The average molecular weight is 171 g/mol. The number of fused-ring (bicyclic) bond motifs is 1. The van der Waals surface area contributed by atoms with E-state index in [4.69, 9.17) is 0 Å². The van der Waals surface area contributed by atoms with Gasteiger partial charge in [0, 0.05) is 19.6 Å². The van der Waals surface area contributed by atoms with Crippen LogP contribution in [0.4, 0.5) is 0 Å². The standard InChI is InChI=1S/C5H9N3.2C2H6/c1-3-8-4-2-7-5(8)6-1;2*1-2/h1-4H2,(H,6,7);2*1-2H3. The molecule has 0 aromatic heterocycles. The van der Waals surface area contributed by atoms with Crippen molar-refractivity contribution in [2.45, 2.75) is 27.7 Å². The second kappa shape index (κ2) is 6.95. The van der Waals surface area contributed by atoms with Crippen LogP contribution in [0.15, 0.2) is 4.99 Å². The van der Waals surface area contributed by atoms with E-state index in [1.165, 1.54) is 0 Å². The Morgan fingerprint density at radius 1 is 1.17 bits per heavy atom. The first-order chi connectivity index (χ1) is 5.97. The van der Waals surface area contributed by atoms with E-state index in [9.17, 15) is 0 Å². The van der Waals surface area contributed by atoms with Crippen LogP contribution in [-0.4, -0.2) is 37.0 Å². The van der Waals surface area contributed by atoms with Crippen LogP contribution in [0.5, 0.6) is 0 Å². The van der Waals surface area contributed by atoms with Crippen molar-refractivity contribution in [3.05, 3.63) is 0 Å². The Morgan fingerprint density at radius 2 is 1.83 bits per heavy atom. The summed E-state index contributed by atoms with van der Waals surface area (Å²) in [5, 5.41) is 3.19. The Balaban J connectivity index is 0.000000269. The second-order valence-corrected chi connectivity index (χ2v) is 2.12. The first-order valence-corrected chi connectivity index (χ1v) is 5.00. The lowest BCUT2D eigenvalue weighted by Crippen LogP contribution is -2.25. The van der Waals surface area contributed by atoms with Crippen molar-refractivity contribution in [3.63, 3.8) is 0 Å². The van der Waals surface area contributed by atoms with Gasteiger partial charge in [0.2, 0.25) is 0 Å². The maximum Gasteiger partial charge on any atom is 0.194 e. The third-order valence-corrected chi connectivity index (χ3v) is 1.60. The Hall–Kier alpha value is -0.730. The molecule has 2 heterocycles. The van der Waals surface area contributed by atoms with Crippen molar-refractivity contribution in [1.29, 1.82) is 0 Å². The first kappa shape index (κ1) is 11.3. The minimum absolute atomic E-state index is 0.988. The molecule has 12 heavy (non-hydrogen) atoms. The molecule has 2 aliphatic heterocycles. The summed E-state index contributed by atoms with van der Waals surface area (Å²) in [6, 6.07) is 0. The molecule has 0 atom stereocenters. The maximum atomic E-state index is 4.23. The number of nitrogens with one attached hydrogen (secondary N) is 1. The molecule has 0 spiro atoms. The van der Waals surface area contributed by atoms with Crippen molar-refractivity contribution in [2.24, 2.45) is 4.99 Å². The van der Waals surface area contributed by atoms with Gasteiger partial charge >= 0.3 is 0 Å². The molecular formula is C9H21N3. The summed E-state index contributed by atoms with van der Waals surface area (Å²) >= 11 is 0. The van der Waals surface area contributed by atoms with Crippen LogP contribution < -0.4 is 5.32 Å². The van der Waals surface area contributed by atoms with Gasteiger partial charge in [0.1, 0.15) is 0 Å². The number of hydrogen-bond acceptors (Lipinski definition) is 3. The largest absolute Gasteiger partial charge is 0.354 e. The zero-order valence-electron chi connectivity index (χ0n) is 8.72. The van der Waals surface area contributed by atoms with Crippen LogP contribution in [-0.2, 0) is 0 Å². The summed E-state index contributed by atoms with van der Waals surface area (Å²) in [5.41, 5.74) is 0. The van der Waals surface area contributed by atoms with Gasteiger partial charge in [-0.25, -0.2) is 0 Å². The van der Waals surface area contributed by atoms with Crippen LogP contribution in [0.2, 0.25) is 0 Å². The van der Waals surface area contributed by atoms with Crippen molar-refractivity contribution in [3.8, 4) is 0 Å². The van der Waals surface area contributed by atoms with Gasteiger partial charge in [-0.3, -0.25) is 4.99 Å². The van der Waals surface area contributed by atoms with E-state index in [1.54, 1.807) is 0 Å². The Labute approximate surface area is 75.9 Å². The summed E-state index contributed by atoms with van der Waals surface area (Å²) in [5.74, 6) is 1.12. The quantitative estimate of drug-likeness (QED) is 0.595. The van der Waals surface area contributed by atoms with E-state index in [-0.39, 0.29) is 0 Å². The maximum absolute atomic E-state index is 4.23. The van der Waals surface area contributed by atoms with Crippen molar-refractivity contribution in [1.82, 2.24) is 10.2 Å². The smallest absolute Gasteiger partial charge is 0.194 e. The molecule has 0 amide bonds. The molecule has 0 bridgehead atoms. The molecule has 0 radical (unpaired) electrons. The summed E-state index contributed by atoms with van der Waals surface area (Å²) in [6.45, 7) is 12.3. The number of aliphatic imine (C=N–C) groups is 1. The highest BCUT2D eigenvalue weighted by molar-refractivity contribution is 5.83. The fraction of sp³-hybridized carbons (Fsp3) is 0.889. The molecule has 3 nitrogen and oxygen atoms in total. The predicted molar refractivity (Wildman–Crippen MR) is 54.6 cm³/mol. The Bertz CT molecular complexity index is 132. The van der Waals surface area contributed by atoms with E-state index in [0.29, 0.717) is 0 Å². The lowest BCUT2D eigenvalue weighted by molar-refractivity contribution is 0.503. The summed E-state index contributed by atoms with van der Waals surface area (Å²) < 4.78 is 0. The van der Waals surface area contributed by atoms with Crippen LogP contribution in [0.3, 0.4) is 0 Å². The van der Waals surface area contributed by atoms with Crippen LogP contribution in [0, 0.1) is 0 Å². The fourth-order valence-electron chi connectivity index (χ4n) is 1.17. The number of nitrogens with zero attached hydrogens (tertiary/aromatic N) is 2. The third kappa shape index (κ3) is 2.72. The van der Waals surface area contributed by atoms with Gasteiger partial charge in [-0.2, -0.15) is 0 Å². The molecule has 1 fully saturated rings. The number of rotatable bonds is 0. The van der Waals surface area contributed by atoms with Gasteiger partial charge in [0.25, 0.3) is 0 Å². The molecular weight excluding hydrogens is 150 g/mol. The third-order valence-electron chi connectivity index (χ3n) is 1.60. The van der Waals surface area contributed by atoms with E-state index < -0.39 is 0 Å². The summed E-state index contributed by atoms with van der Waals surface area (Å²) in [6.07, 6.45) is 0. The zero-order valence-corrected chi connectivity index (χ0v) is 8.72. The van der Waals surface area contributed by atoms with Crippen molar-refractivity contribution < 1.29 is 0 Å². The highest BCUT2D eigenvalue weighted by Gasteiger charge is 2.20. The molecule has 0 aliphatic carbocycles. The van der Waals surface area contributed by atoms with Gasteiger partial charge in [0.05, 0.1) is 6.54 Å². The van der Waals surface area contributed by atoms with Gasteiger partial charge in [-0.15, -0.1) is 0 Å². The number of guanidine groups is 1. The zero-order chi connectivity index (χ0) is 9.40. The first-order valence-electron chi connectivity index (χ1n) is 5.00. The topological polar surface area (TPSA) is 27.6 Å². The lowest BCUT2D eigenvalue weighted by atomic mass is 10.6. The SMILES string of the molecule is C1CN2CCNC2=N1.CC.CC. The van der Waals surface area contributed by atoms with E-state index in [0.717, 1.165) is 32.1 Å². The van der Waals surface area contributed by atoms with E-state index >= 15 is 0 Å². The molecule has 0 aromatic rings. The fourth-order valence-corrected chi connectivity index (χ4v) is 1.17. The lowest BCUT2D eigenvalue weighted by Gasteiger charge is -2.06. The Morgan fingerprint density at radius 3 is 2.42 bits per heavy atom. The molecule has 0 unspecified atom stereocenters. The average Bonchev–Trinajstić information content (AvgIpc) is 2.72. The molecule has 0 aromatic carbocycles. The normalized spacial score (nSPS) is 17.7. The minimum Gasteiger partial charge on any atom is -0.354 e. The highest BCUT2D eigenvalue weighted by Crippen LogP contribution is 2.02. The molecule has 0 saturated carbocycles. The van der Waals surface area contributed by atoms with Gasteiger partial charge < -0.3 is 10.2 Å². The van der Waals surface area contributed by atoms with Gasteiger partial charge in [-0.05, 0) is 0 Å². The Kier molecular flexibility index (Phi) is 6.53. The molecule has 1 N–H and O–H groups in total. The van der Waals surface area contributed by atoms with E-state index in [2.05, 4.69) is 15.2 Å². The van der Waals surface area contributed by atoms with Crippen LogP contribution in [0.25, 0.3) is 0 Å². The van der Waals surface area contributed by atoms with Crippen LogP contribution in [0.1, 0.15) is 27.7 Å². The highest BCUT2D eigenvalue weighted by atomic mass is 15.4. The van der Waals surface area contributed by atoms with Crippen molar-refractivity contribution in [2.75, 3.05) is 26.2 Å². The van der Waals surface area contributed by atoms with Crippen molar-refractivity contribution >= 4 is 5.96 Å². The summed E-state index contributed by atoms with van der Waals surface area (Å²) in [4.78, 5) is 6.51. The second-order valence-electron chi connectivity index (χ2n) is 2.12. The molecule has 2 aliphatic rings. The monoisotopic (exact) mass is 171 g/mol.